The Morgan fingerprint density at radius 3 is 1.88 bits per heavy atom. The fourth-order valence-electron chi connectivity index (χ4n) is 2.04. The standard InChI is InChI=1S/C12H8Cl2O.C10H18O/c13-9-3-1-5-11(7-9)15-12-6-2-4-10(14)8-12;1-9(2)5-4-6-10(3)7-8-11/h1-8H;5,7,11H,4,6,8H2,1-3H3/b;10-7+. The van der Waals surface area contributed by atoms with Gasteiger partial charge in [-0.25, -0.2) is 0 Å². The van der Waals surface area contributed by atoms with Gasteiger partial charge in [0.05, 0.1) is 6.61 Å². The monoisotopic (exact) mass is 392 g/mol. The summed E-state index contributed by atoms with van der Waals surface area (Å²) in [6.07, 6.45) is 6.23. The van der Waals surface area contributed by atoms with Gasteiger partial charge in [0.1, 0.15) is 11.5 Å². The number of hydrogen-bond donors (Lipinski definition) is 1. The Morgan fingerprint density at radius 1 is 0.923 bits per heavy atom. The van der Waals surface area contributed by atoms with Gasteiger partial charge < -0.3 is 9.84 Å². The third kappa shape index (κ3) is 10.3. The molecule has 2 nitrogen and oxygen atoms in total. The number of aliphatic hydroxyl groups excluding tert-OH is 1. The number of hydrogen-bond acceptors (Lipinski definition) is 2. The average Bonchev–Trinajstić information content (AvgIpc) is 2.55. The summed E-state index contributed by atoms with van der Waals surface area (Å²) in [7, 11) is 0. The summed E-state index contributed by atoms with van der Waals surface area (Å²) in [5.41, 5.74) is 2.63. The van der Waals surface area contributed by atoms with Gasteiger partial charge in [-0.3, -0.25) is 0 Å². The van der Waals surface area contributed by atoms with Crippen molar-refractivity contribution in [2.75, 3.05) is 6.61 Å². The second kappa shape index (κ2) is 12.6. The molecule has 0 spiro atoms. The molecule has 0 saturated carbocycles. The number of rotatable bonds is 6. The van der Waals surface area contributed by atoms with E-state index in [1.807, 2.05) is 30.3 Å². The molecule has 1 N–H and O–H groups in total. The lowest BCUT2D eigenvalue weighted by molar-refractivity contribution is 0.341. The Hall–Kier alpha value is -1.74. The molecule has 0 amide bonds. The molecule has 0 saturated heterocycles. The fourth-order valence-corrected chi connectivity index (χ4v) is 2.40. The van der Waals surface area contributed by atoms with Crippen LogP contribution in [0.15, 0.2) is 71.8 Å². The molecule has 2 rings (SSSR count). The Bertz CT molecular complexity index is 689. The zero-order valence-electron chi connectivity index (χ0n) is 15.5. The molecule has 0 heterocycles. The maximum atomic E-state index is 8.55. The minimum Gasteiger partial charge on any atom is -0.457 e. The Labute approximate surface area is 166 Å². The summed E-state index contributed by atoms with van der Waals surface area (Å²) in [4.78, 5) is 0. The Morgan fingerprint density at radius 2 is 1.46 bits per heavy atom. The average molecular weight is 393 g/mol. The largest absolute Gasteiger partial charge is 0.457 e. The van der Waals surface area contributed by atoms with Gasteiger partial charge in [-0.15, -0.1) is 0 Å². The zero-order chi connectivity index (χ0) is 19.4. The number of aliphatic hydroxyl groups is 1. The number of ether oxygens (including phenoxy) is 1. The molecule has 0 unspecified atom stereocenters. The van der Waals surface area contributed by atoms with E-state index in [1.165, 1.54) is 11.1 Å². The molecule has 2 aromatic carbocycles. The molecular weight excluding hydrogens is 367 g/mol. The molecule has 0 aromatic heterocycles. The molecule has 0 aliphatic heterocycles. The number of benzene rings is 2. The van der Waals surface area contributed by atoms with E-state index >= 15 is 0 Å². The second-order valence-electron chi connectivity index (χ2n) is 6.07. The van der Waals surface area contributed by atoms with Crippen LogP contribution in [0, 0.1) is 0 Å². The number of allylic oxidation sites excluding steroid dienone is 3. The summed E-state index contributed by atoms with van der Waals surface area (Å²) >= 11 is 11.7. The molecular formula is C22H26Cl2O2. The van der Waals surface area contributed by atoms with Gasteiger partial charge in [-0.1, -0.05) is 58.6 Å². The lowest BCUT2D eigenvalue weighted by Crippen LogP contribution is -1.83. The molecule has 4 heteroatoms. The van der Waals surface area contributed by atoms with Crippen molar-refractivity contribution in [3.8, 4) is 11.5 Å². The summed E-state index contributed by atoms with van der Waals surface area (Å²) in [5, 5.41) is 9.85. The van der Waals surface area contributed by atoms with Crippen LogP contribution in [0.1, 0.15) is 33.6 Å². The van der Waals surface area contributed by atoms with Crippen molar-refractivity contribution >= 4 is 23.2 Å². The SMILES string of the molecule is CC(C)=CCC/C(C)=C/CO.Clc1cccc(Oc2cccc(Cl)c2)c1. The predicted molar refractivity (Wildman–Crippen MR) is 112 cm³/mol. The van der Waals surface area contributed by atoms with Crippen LogP contribution in [-0.4, -0.2) is 11.7 Å². The molecule has 2 aromatic rings. The van der Waals surface area contributed by atoms with Gasteiger partial charge in [0, 0.05) is 10.0 Å². The molecule has 0 radical (unpaired) electrons. The highest BCUT2D eigenvalue weighted by Gasteiger charge is 1.98. The Kier molecular flexibility index (Phi) is 10.8. The summed E-state index contributed by atoms with van der Waals surface area (Å²) in [6.45, 7) is 6.42. The lowest BCUT2D eigenvalue weighted by Gasteiger charge is -2.05. The summed E-state index contributed by atoms with van der Waals surface area (Å²) < 4.78 is 5.57. The van der Waals surface area contributed by atoms with Crippen LogP contribution in [0.4, 0.5) is 0 Å². The van der Waals surface area contributed by atoms with Crippen molar-refractivity contribution < 1.29 is 9.84 Å². The smallest absolute Gasteiger partial charge is 0.128 e. The van der Waals surface area contributed by atoms with Crippen molar-refractivity contribution in [2.45, 2.75) is 33.6 Å². The second-order valence-corrected chi connectivity index (χ2v) is 6.94. The quantitative estimate of drug-likeness (QED) is 0.516. The highest BCUT2D eigenvalue weighted by molar-refractivity contribution is 6.31. The lowest BCUT2D eigenvalue weighted by atomic mass is 10.1. The molecule has 0 aliphatic carbocycles. The van der Waals surface area contributed by atoms with E-state index in [0.29, 0.717) is 21.5 Å². The van der Waals surface area contributed by atoms with E-state index in [9.17, 15) is 0 Å². The van der Waals surface area contributed by atoms with Crippen LogP contribution in [0.5, 0.6) is 11.5 Å². The Balaban J connectivity index is 0.000000276. The van der Waals surface area contributed by atoms with Crippen LogP contribution in [0.3, 0.4) is 0 Å². The van der Waals surface area contributed by atoms with Crippen molar-refractivity contribution in [1.82, 2.24) is 0 Å². The first-order valence-electron chi connectivity index (χ1n) is 8.49. The molecule has 140 valence electrons. The van der Waals surface area contributed by atoms with Crippen molar-refractivity contribution in [1.29, 1.82) is 0 Å². The molecule has 0 atom stereocenters. The topological polar surface area (TPSA) is 29.5 Å². The van der Waals surface area contributed by atoms with E-state index in [1.54, 1.807) is 24.3 Å². The van der Waals surface area contributed by atoms with Crippen molar-refractivity contribution in [3.63, 3.8) is 0 Å². The number of halogens is 2. The third-order valence-electron chi connectivity index (χ3n) is 3.36. The van der Waals surface area contributed by atoms with Gasteiger partial charge in [0.25, 0.3) is 0 Å². The molecule has 0 fully saturated rings. The van der Waals surface area contributed by atoms with E-state index < -0.39 is 0 Å². The van der Waals surface area contributed by atoms with Crippen molar-refractivity contribution in [3.05, 3.63) is 81.9 Å². The van der Waals surface area contributed by atoms with Gasteiger partial charge in [-0.2, -0.15) is 0 Å². The summed E-state index contributed by atoms with van der Waals surface area (Å²) in [6, 6.07) is 14.5. The van der Waals surface area contributed by atoms with Gasteiger partial charge in [-0.05, 0) is 70.0 Å². The predicted octanol–water partition coefficient (Wildman–Crippen LogP) is 7.46. The van der Waals surface area contributed by atoms with Gasteiger partial charge in [0.15, 0.2) is 0 Å². The first-order chi connectivity index (χ1) is 12.4. The first kappa shape index (κ1) is 22.3. The molecule has 0 bridgehead atoms. The van der Waals surface area contributed by atoms with Gasteiger partial charge in [0.2, 0.25) is 0 Å². The third-order valence-corrected chi connectivity index (χ3v) is 3.83. The van der Waals surface area contributed by atoms with Crippen LogP contribution in [0.25, 0.3) is 0 Å². The maximum Gasteiger partial charge on any atom is 0.128 e. The van der Waals surface area contributed by atoms with E-state index in [4.69, 9.17) is 33.0 Å². The maximum absolute atomic E-state index is 8.55. The zero-order valence-corrected chi connectivity index (χ0v) is 17.0. The van der Waals surface area contributed by atoms with Crippen LogP contribution < -0.4 is 4.74 Å². The van der Waals surface area contributed by atoms with Gasteiger partial charge >= 0.3 is 0 Å². The normalized spacial score (nSPS) is 10.6. The minimum absolute atomic E-state index is 0.167. The minimum atomic E-state index is 0.167. The van der Waals surface area contributed by atoms with Crippen LogP contribution in [-0.2, 0) is 0 Å². The highest BCUT2D eigenvalue weighted by atomic mass is 35.5. The fraction of sp³-hybridized carbons (Fsp3) is 0.273. The van der Waals surface area contributed by atoms with E-state index in [0.717, 1.165) is 12.8 Å². The molecule has 26 heavy (non-hydrogen) atoms. The van der Waals surface area contributed by atoms with E-state index in [2.05, 4.69) is 26.8 Å². The summed E-state index contributed by atoms with van der Waals surface area (Å²) in [5.74, 6) is 1.40. The van der Waals surface area contributed by atoms with Crippen molar-refractivity contribution in [2.24, 2.45) is 0 Å². The first-order valence-corrected chi connectivity index (χ1v) is 9.25. The van der Waals surface area contributed by atoms with Crippen LogP contribution in [0.2, 0.25) is 10.0 Å². The molecule has 0 aliphatic rings. The van der Waals surface area contributed by atoms with E-state index in [-0.39, 0.29) is 6.61 Å². The van der Waals surface area contributed by atoms with Crippen LogP contribution >= 0.6 is 23.2 Å². The highest BCUT2D eigenvalue weighted by Crippen LogP contribution is 2.25.